The van der Waals surface area contributed by atoms with Crippen molar-refractivity contribution in [3.63, 3.8) is 0 Å². The van der Waals surface area contributed by atoms with Crippen LogP contribution in [0.1, 0.15) is 32.1 Å². The summed E-state index contributed by atoms with van der Waals surface area (Å²) in [6.45, 7) is 1.58. The minimum Gasteiger partial charge on any atom is -0.381 e. The Hall–Kier alpha value is -0.220. The molecule has 1 saturated heterocycles. The van der Waals surface area contributed by atoms with Crippen molar-refractivity contribution >= 4 is 0 Å². The third-order valence-corrected chi connectivity index (χ3v) is 3.01. The molecule has 1 heterocycles. The summed E-state index contributed by atoms with van der Waals surface area (Å²) >= 11 is 0. The van der Waals surface area contributed by atoms with Crippen LogP contribution < -0.4 is 5.32 Å². The van der Waals surface area contributed by atoms with Gasteiger partial charge in [-0.05, 0) is 19.3 Å². The summed E-state index contributed by atoms with van der Waals surface area (Å²) in [5, 5.41) is 3.29. The van der Waals surface area contributed by atoms with Gasteiger partial charge in [-0.1, -0.05) is 0 Å². The Labute approximate surface area is 83.0 Å². The van der Waals surface area contributed by atoms with Crippen molar-refractivity contribution in [1.29, 1.82) is 0 Å². The Balaban J connectivity index is 1.69. The molecule has 1 unspecified atom stereocenters. The van der Waals surface area contributed by atoms with Crippen molar-refractivity contribution in [2.75, 3.05) is 13.2 Å². The summed E-state index contributed by atoms with van der Waals surface area (Å²) in [6.07, 6.45) is 3.10. The molecule has 1 saturated carbocycles. The van der Waals surface area contributed by atoms with Gasteiger partial charge < -0.3 is 10.1 Å². The lowest BCUT2D eigenvalue weighted by molar-refractivity contribution is -0.0950. The van der Waals surface area contributed by atoms with Gasteiger partial charge in [-0.2, -0.15) is 0 Å². The first kappa shape index (κ1) is 10.3. The Morgan fingerprint density at radius 1 is 1.07 bits per heavy atom. The zero-order chi connectivity index (χ0) is 10.0. The van der Waals surface area contributed by atoms with Gasteiger partial charge in [0.05, 0.1) is 0 Å². The molecule has 0 aromatic heterocycles. The summed E-state index contributed by atoms with van der Waals surface area (Å²) in [6, 6.07) is 0.423. The molecule has 1 atom stereocenters. The molecule has 2 aliphatic rings. The van der Waals surface area contributed by atoms with Crippen LogP contribution in [0.15, 0.2) is 0 Å². The van der Waals surface area contributed by atoms with Crippen molar-refractivity contribution in [3.05, 3.63) is 0 Å². The lowest BCUT2D eigenvalue weighted by Gasteiger charge is -2.37. The highest BCUT2D eigenvalue weighted by molar-refractivity contribution is 4.93. The van der Waals surface area contributed by atoms with Crippen LogP contribution in [0, 0.1) is 0 Å². The van der Waals surface area contributed by atoms with Crippen molar-refractivity contribution in [2.45, 2.75) is 50.1 Å². The second-order valence-electron chi connectivity index (χ2n) is 4.37. The molecule has 0 spiro atoms. The van der Waals surface area contributed by atoms with Gasteiger partial charge in [-0.15, -0.1) is 0 Å². The van der Waals surface area contributed by atoms with Crippen LogP contribution in [0.25, 0.3) is 0 Å². The van der Waals surface area contributed by atoms with E-state index in [1.54, 1.807) is 0 Å². The van der Waals surface area contributed by atoms with E-state index in [9.17, 15) is 8.78 Å². The van der Waals surface area contributed by atoms with E-state index in [1.165, 1.54) is 0 Å². The summed E-state index contributed by atoms with van der Waals surface area (Å²) in [5.74, 6) is -2.40. The zero-order valence-corrected chi connectivity index (χ0v) is 8.27. The second-order valence-corrected chi connectivity index (χ2v) is 4.37. The molecule has 82 valence electrons. The third-order valence-electron chi connectivity index (χ3n) is 3.01. The van der Waals surface area contributed by atoms with Crippen LogP contribution in [0.4, 0.5) is 8.78 Å². The molecule has 0 aromatic carbocycles. The molecule has 1 N–H and O–H groups in total. The molecule has 0 amide bonds. The Kier molecular flexibility index (Phi) is 3.02. The van der Waals surface area contributed by atoms with E-state index < -0.39 is 5.92 Å². The maximum atomic E-state index is 12.6. The van der Waals surface area contributed by atoms with Gasteiger partial charge in [0.1, 0.15) is 0 Å². The fourth-order valence-corrected chi connectivity index (χ4v) is 2.18. The van der Waals surface area contributed by atoms with Crippen LogP contribution in [-0.2, 0) is 4.74 Å². The molecule has 14 heavy (non-hydrogen) atoms. The van der Waals surface area contributed by atoms with Gasteiger partial charge in [0, 0.05) is 38.1 Å². The first-order valence-corrected chi connectivity index (χ1v) is 5.37. The molecular formula is C10H17F2NO. The third kappa shape index (κ3) is 2.64. The molecule has 0 aromatic rings. The summed E-state index contributed by atoms with van der Waals surface area (Å²) in [5.41, 5.74) is 0. The molecule has 1 aliphatic heterocycles. The second kappa shape index (κ2) is 4.11. The molecule has 2 rings (SSSR count). The molecular weight excluding hydrogens is 188 g/mol. The van der Waals surface area contributed by atoms with Gasteiger partial charge >= 0.3 is 0 Å². The topological polar surface area (TPSA) is 21.3 Å². The maximum absolute atomic E-state index is 12.6. The number of hydrogen-bond donors (Lipinski definition) is 1. The van der Waals surface area contributed by atoms with Gasteiger partial charge in [0.15, 0.2) is 0 Å². The van der Waals surface area contributed by atoms with Crippen LogP contribution >= 0.6 is 0 Å². The van der Waals surface area contributed by atoms with Crippen LogP contribution in [0.2, 0.25) is 0 Å². The maximum Gasteiger partial charge on any atom is 0.251 e. The van der Waals surface area contributed by atoms with E-state index in [0.29, 0.717) is 6.04 Å². The van der Waals surface area contributed by atoms with Gasteiger partial charge in [-0.25, -0.2) is 8.78 Å². The normalized spacial score (nSPS) is 33.4. The van der Waals surface area contributed by atoms with E-state index in [0.717, 1.165) is 32.5 Å². The van der Waals surface area contributed by atoms with Gasteiger partial charge in [0.2, 0.25) is 0 Å². The summed E-state index contributed by atoms with van der Waals surface area (Å²) in [7, 11) is 0. The molecule has 2 nitrogen and oxygen atoms in total. The smallest absolute Gasteiger partial charge is 0.251 e. The number of rotatable bonds is 2. The largest absolute Gasteiger partial charge is 0.381 e. The Morgan fingerprint density at radius 2 is 1.86 bits per heavy atom. The predicted molar refractivity (Wildman–Crippen MR) is 49.6 cm³/mol. The summed E-state index contributed by atoms with van der Waals surface area (Å²) in [4.78, 5) is 0. The minimum atomic E-state index is -2.40. The van der Waals surface area contributed by atoms with Gasteiger partial charge in [-0.3, -0.25) is 0 Å². The predicted octanol–water partition coefficient (Wildman–Crippen LogP) is 1.94. The first-order chi connectivity index (χ1) is 6.66. The fourth-order valence-electron chi connectivity index (χ4n) is 2.18. The summed E-state index contributed by atoms with van der Waals surface area (Å²) < 4.78 is 30.4. The quantitative estimate of drug-likeness (QED) is 0.744. The highest BCUT2D eigenvalue weighted by atomic mass is 19.3. The van der Waals surface area contributed by atoms with Crippen molar-refractivity contribution in [2.24, 2.45) is 0 Å². The molecule has 4 heteroatoms. The highest BCUT2D eigenvalue weighted by Gasteiger charge is 2.45. The average Bonchev–Trinajstić information content (AvgIpc) is 2.29. The number of halogens is 2. The van der Waals surface area contributed by atoms with Gasteiger partial charge in [0.25, 0.3) is 5.92 Å². The van der Waals surface area contributed by atoms with E-state index in [4.69, 9.17) is 4.74 Å². The Morgan fingerprint density at radius 3 is 2.57 bits per heavy atom. The SMILES string of the molecule is FC1(F)CC(NC2CCCOCC2)C1. The molecule has 2 fully saturated rings. The minimum absolute atomic E-state index is 0.0182. The van der Waals surface area contributed by atoms with E-state index >= 15 is 0 Å². The van der Waals surface area contributed by atoms with E-state index in [2.05, 4.69) is 5.32 Å². The monoisotopic (exact) mass is 205 g/mol. The van der Waals surface area contributed by atoms with Crippen LogP contribution in [0.3, 0.4) is 0 Å². The fraction of sp³-hybridized carbons (Fsp3) is 1.00. The number of hydrogen-bond acceptors (Lipinski definition) is 2. The number of nitrogens with one attached hydrogen (secondary N) is 1. The average molecular weight is 205 g/mol. The van der Waals surface area contributed by atoms with Crippen molar-refractivity contribution in [1.82, 2.24) is 5.32 Å². The van der Waals surface area contributed by atoms with Crippen molar-refractivity contribution in [3.8, 4) is 0 Å². The highest BCUT2D eigenvalue weighted by Crippen LogP contribution is 2.37. The van der Waals surface area contributed by atoms with Crippen molar-refractivity contribution < 1.29 is 13.5 Å². The molecule has 1 aliphatic carbocycles. The van der Waals surface area contributed by atoms with E-state index in [1.807, 2.05) is 0 Å². The zero-order valence-electron chi connectivity index (χ0n) is 8.27. The van der Waals surface area contributed by atoms with E-state index in [-0.39, 0.29) is 18.9 Å². The lowest BCUT2D eigenvalue weighted by atomic mass is 9.87. The first-order valence-electron chi connectivity index (χ1n) is 5.37. The molecule has 0 radical (unpaired) electrons. The van der Waals surface area contributed by atoms with Crippen LogP contribution in [0.5, 0.6) is 0 Å². The van der Waals surface area contributed by atoms with Crippen LogP contribution in [-0.4, -0.2) is 31.2 Å². The number of alkyl halides is 2. The standard InChI is InChI=1S/C10H17F2NO/c11-10(12)6-9(7-10)13-8-2-1-4-14-5-3-8/h8-9,13H,1-7H2. The molecule has 0 bridgehead atoms. The lowest BCUT2D eigenvalue weighted by Crippen LogP contribution is -2.51. The Bertz CT molecular complexity index is 183. The number of ether oxygens (including phenoxy) is 1.